The summed E-state index contributed by atoms with van der Waals surface area (Å²) in [7, 11) is 0. The van der Waals surface area contributed by atoms with Crippen molar-refractivity contribution in [2.45, 2.75) is 46.3 Å². The molecule has 6 heteroatoms. The normalized spacial score (nSPS) is 14.2. The number of carbonyl (C=O) groups excluding carboxylic acids is 1. The van der Waals surface area contributed by atoms with Crippen LogP contribution in [0.1, 0.15) is 51.1 Å². The predicted octanol–water partition coefficient (Wildman–Crippen LogP) is 4.73. The van der Waals surface area contributed by atoms with Crippen molar-refractivity contribution in [1.82, 2.24) is 20.0 Å². The van der Waals surface area contributed by atoms with Gasteiger partial charge in [-0.25, -0.2) is 4.68 Å². The molecule has 0 saturated carbocycles. The van der Waals surface area contributed by atoms with Gasteiger partial charge < -0.3 is 5.32 Å². The number of nitrogens with one attached hydrogen (secondary N) is 1. The standard InChI is InChI=1S/C25H29ClN4O/c1-18-9-11-20(12-10-18)16-30-24(26)23(19(2)28-30)25(31)27-15-21-7-3-4-8-22(21)17-29-13-5-6-14-29/h3-4,7-12H,5-6,13-17H2,1-2H3,(H,27,31). The number of rotatable bonds is 7. The molecular formula is C25H29ClN4O. The number of nitrogens with zero attached hydrogens (tertiary/aromatic N) is 3. The molecule has 1 aromatic heterocycles. The minimum atomic E-state index is -0.186. The molecule has 1 fully saturated rings. The Morgan fingerprint density at radius 2 is 1.68 bits per heavy atom. The van der Waals surface area contributed by atoms with E-state index in [1.165, 1.54) is 24.0 Å². The second kappa shape index (κ2) is 9.67. The molecule has 1 aliphatic rings. The minimum absolute atomic E-state index is 0.186. The van der Waals surface area contributed by atoms with E-state index in [4.69, 9.17) is 11.6 Å². The molecule has 0 aliphatic carbocycles. The Bertz CT molecular complexity index is 1050. The van der Waals surface area contributed by atoms with E-state index in [2.05, 4.69) is 64.7 Å². The van der Waals surface area contributed by atoms with Gasteiger partial charge in [0.2, 0.25) is 0 Å². The van der Waals surface area contributed by atoms with Crippen LogP contribution in [0.2, 0.25) is 5.15 Å². The number of carbonyl (C=O) groups is 1. The number of likely N-dealkylation sites (tertiary alicyclic amines) is 1. The lowest BCUT2D eigenvalue weighted by atomic mass is 10.1. The summed E-state index contributed by atoms with van der Waals surface area (Å²) >= 11 is 6.57. The fourth-order valence-electron chi connectivity index (χ4n) is 4.11. The number of hydrogen-bond acceptors (Lipinski definition) is 3. The minimum Gasteiger partial charge on any atom is -0.348 e. The zero-order chi connectivity index (χ0) is 21.8. The highest BCUT2D eigenvalue weighted by atomic mass is 35.5. The molecule has 162 valence electrons. The summed E-state index contributed by atoms with van der Waals surface area (Å²) in [6, 6.07) is 16.6. The molecule has 3 aromatic rings. The lowest BCUT2D eigenvalue weighted by Gasteiger charge is -2.17. The third-order valence-electron chi connectivity index (χ3n) is 5.90. The van der Waals surface area contributed by atoms with Crippen LogP contribution in [0.5, 0.6) is 0 Å². The van der Waals surface area contributed by atoms with Crippen molar-refractivity contribution < 1.29 is 4.79 Å². The van der Waals surface area contributed by atoms with Gasteiger partial charge in [0.15, 0.2) is 0 Å². The van der Waals surface area contributed by atoms with E-state index in [9.17, 15) is 4.79 Å². The molecule has 4 rings (SSSR count). The molecule has 0 spiro atoms. The summed E-state index contributed by atoms with van der Waals surface area (Å²) < 4.78 is 1.69. The zero-order valence-corrected chi connectivity index (χ0v) is 19.0. The van der Waals surface area contributed by atoms with Crippen molar-refractivity contribution in [3.63, 3.8) is 0 Å². The first-order valence-corrected chi connectivity index (χ1v) is 11.2. The van der Waals surface area contributed by atoms with Gasteiger partial charge in [0.05, 0.1) is 17.8 Å². The molecule has 0 bridgehead atoms. The van der Waals surface area contributed by atoms with Gasteiger partial charge in [0.1, 0.15) is 5.15 Å². The van der Waals surface area contributed by atoms with E-state index >= 15 is 0 Å². The molecule has 31 heavy (non-hydrogen) atoms. The third-order valence-corrected chi connectivity index (χ3v) is 6.28. The smallest absolute Gasteiger partial charge is 0.256 e. The molecule has 2 aromatic carbocycles. The van der Waals surface area contributed by atoms with Crippen LogP contribution >= 0.6 is 11.6 Å². The number of hydrogen-bond donors (Lipinski definition) is 1. The number of amides is 1. The average molecular weight is 437 g/mol. The monoisotopic (exact) mass is 436 g/mol. The third kappa shape index (κ3) is 5.17. The Hall–Kier alpha value is -2.63. The van der Waals surface area contributed by atoms with E-state index < -0.39 is 0 Å². The summed E-state index contributed by atoms with van der Waals surface area (Å²) in [5, 5.41) is 7.93. The highest BCUT2D eigenvalue weighted by molar-refractivity contribution is 6.33. The topological polar surface area (TPSA) is 50.2 Å². The quantitative estimate of drug-likeness (QED) is 0.582. The predicted molar refractivity (Wildman–Crippen MR) is 124 cm³/mol. The summed E-state index contributed by atoms with van der Waals surface area (Å²) in [4.78, 5) is 15.4. The maximum absolute atomic E-state index is 13.0. The second-order valence-electron chi connectivity index (χ2n) is 8.33. The fraction of sp³-hybridized carbons (Fsp3) is 0.360. The number of aromatic nitrogens is 2. The van der Waals surface area contributed by atoms with Gasteiger partial charge in [0.25, 0.3) is 5.91 Å². The molecule has 0 radical (unpaired) electrons. The Morgan fingerprint density at radius 1 is 1.00 bits per heavy atom. The number of aryl methyl sites for hydroxylation is 2. The summed E-state index contributed by atoms with van der Waals surface area (Å²) in [6.45, 7) is 8.12. The van der Waals surface area contributed by atoms with Crippen LogP contribution < -0.4 is 5.32 Å². The van der Waals surface area contributed by atoms with Crippen molar-refractivity contribution in [2.75, 3.05) is 13.1 Å². The summed E-state index contributed by atoms with van der Waals surface area (Å²) in [5.74, 6) is -0.186. The first kappa shape index (κ1) is 21.6. The van der Waals surface area contributed by atoms with Gasteiger partial charge in [-0.05, 0) is 56.5 Å². The highest BCUT2D eigenvalue weighted by Crippen LogP contribution is 2.22. The van der Waals surface area contributed by atoms with Crippen LogP contribution in [-0.2, 0) is 19.6 Å². The first-order valence-electron chi connectivity index (χ1n) is 10.9. The first-order chi connectivity index (χ1) is 15.0. The SMILES string of the molecule is Cc1ccc(Cn2nc(C)c(C(=O)NCc3ccccc3CN3CCCC3)c2Cl)cc1. The molecule has 1 aliphatic heterocycles. The molecule has 5 nitrogen and oxygen atoms in total. The molecule has 1 N–H and O–H groups in total. The van der Waals surface area contributed by atoms with Crippen LogP contribution in [-0.4, -0.2) is 33.7 Å². The van der Waals surface area contributed by atoms with Gasteiger partial charge in [-0.1, -0.05) is 65.7 Å². The van der Waals surface area contributed by atoms with Crippen molar-refractivity contribution in [1.29, 1.82) is 0 Å². The number of halogens is 1. The maximum Gasteiger partial charge on any atom is 0.256 e. The van der Waals surface area contributed by atoms with E-state index in [1.807, 2.05) is 13.0 Å². The molecule has 0 unspecified atom stereocenters. The lowest BCUT2D eigenvalue weighted by Crippen LogP contribution is -2.25. The Labute approximate surface area is 189 Å². The maximum atomic E-state index is 13.0. The van der Waals surface area contributed by atoms with Gasteiger partial charge >= 0.3 is 0 Å². The average Bonchev–Trinajstić information content (AvgIpc) is 3.36. The van der Waals surface area contributed by atoms with Gasteiger partial charge in [-0.15, -0.1) is 0 Å². The van der Waals surface area contributed by atoms with Gasteiger partial charge in [-0.2, -0.15) is 5.10 Å². The zero-order valence-electron chi connectivity index (χ0n) is 18.2. The van der Waals surface area contributed by atoms with Crippen LogP contribution in [0, 0.1) is 13.8 Å². The summed E-state index contributed by atoms with van der Waals surface area (Å²) in [6.07, 6.45) is 2.53. The van der Waals surface area contributed by atoms with E-state index in [-0.39, 0.29) is 5.91 Å². The highest BCUT2D eigenvalue weighted by Gasteiger charge is 2.21. The van der Waals surface area contributed by atoms with E-state index in [0.717, 1.165) is 30.8 Å². The van der Waals surface area contributed by atoms with E-state index in [0.29, 0.717) is 29.5 Å². The molecule has 1 amide bonds. The molecule has 0 atom stereocenters. The second-order valence-corrected chi connectivity index (χ2v) is 8.69. The van der Waals surface area contributed by atoms with Crippen LogP contribution in [0.25, 0.3) is 0 Å². The van der Waals surface area contributed by atoms with Gasteiger partial charge in [0, 0.05) is 13.1 Å². The fourth-order valence-corrected chi connectivity index (χ4v) is 4.43. The van der Waals surface area contributed by atoms with Crippen LogP contribution in [0.4, 0.5) is 0 Å². The molecule has 2 heterocycles. The Morgan fingerprint density at radius 3 is 2.39 bits per heavy atom. The van der Waals surface area contributed by atoms with Gasteiger partial charge in [-0.3, -0.25) is 9.69 Å². The van der Waals surface area contributed by atoms with E-state index in [1.54, 1.807) is 4.68 Å². The largest absolute Gasteiger partial charge is 0.348 e. The molecule has 1 saturated heterocycles. The van der Waals surface area contributed by atoms with Crippen LogP contribution in [0.3, 0.4) is 0 Å². The molecular weight excluding hydrogens is 408 g/mol. The number of benzene rings is 2. The lowest BCUT2D eigenvalue weighted by molar-refractivity contribution is 0.0950. The van der Waals surface area contributed by atoms with Crippen LogP contribution in [0.15, 0.2) is 48.5 Å². The summed E-state index contributed by atoms with van der Waals surface area (Å²) in [5.41, 5.74) is 5.80. The van der Waals surface area contributed by atoms with Crippen molar-refractivity contribution in [3.8, 4) is 0 Å². The van der Waals surface area contributed by atoms with Crippen molar-refractivity contribution in [3.05, 3.63) is 87.2 Å². The van der Waals surface area contributed by atoms with Crippen molar-refractivity contribution >= 4 is 17.5 Å². The Kier molecular flexibility index (Phi) is 6.73. The van der Waals surface area contributed by atoms with Crippen molar-refractivity contribution in [2.24, 2.45) is 0 Å². The Balaban J connectivity index is 1.44.